The van der Waals surface area contributed by atoms with Crippen molar-refractivity contribution in [2.75, 3.05) is 25.4 Å². The second kappa shape index (κ2) is 8.35. The molecule has 126 valence electrons. The summed E-state index contributed by atoms with van der Waals surface area (Å²) < 4.78 is 0. The molecule has 0 saturated carbocycles. The molecule has 0 spiro atoms. The summed E-state index contributed by atoms with van der Waals surface area (Å²) in [4.78, 5) is 27.7. The molecule has 24 heavy (non-hydrogen) atoms. The molecule has 1 aliphatic heterocycles. The van der Waals surface area contributed by atoms with Crippen molar-refractivity contribution in [1.29, 1.82) is 0 Å². The van der Waals surface area contributed by atoms with Crippen molar-refractivity contribution < 1.29 is 9.59 Å². The van der Waals surface area contributed by atoms with Crippen LogP contribution in [0.1, 0.15) is 26.9 Å². The Hall–Kier alpha value is -1.79. The smallest absolute Gasteiger partial charge is 0.251 e. The van der Waals surface area contributed by atoms with Gasteiger partial charge in [0.05, 0.1) is 6.54 Å². The van der Waals surface area contributed by atoms with Gasteiger partial charge in [0.2, 0.25) is 5.91 Å². The van der Waals surface area contributed by atoms with Crippen LogP contribution in [0.5, 0.6) is 0 Å². The molecule has 1 saturated heterocycles. The Balaban J connectivity index is 1.49. The molecular weight excluding hydrogens is 340 g/mol. The molecular formula is C18H20N2O2S2. The first-order valence-electron chi connectivity index (χ1n) is 8.00. The molecule has 0 radical (unpaired) electrons. The van der Waals surface area contributed by atoms with Gasteiger partial charge < -0.3 is 10.2 Å². The Kier molecular flexibility index (Phi) is 5.93. The summed E-state index contributed by atoms with van der Waals surface area (Å²) in [7, 11) is 0. The third-order valence-corrected chi connectivity index (χ3v) is 6.44. The van der Waals surface area contributed by atoms with Gasteiger partial charge in [-0.3, -0.25) is 9.59 Å². The zero-order valence-electron chi connectivity index (χ0n) is 13.3. The van der Waals surface area contributed by atoms with Gasteiger partial charge in [-0.2, -0.15) is 11.8 Å². The van der Waals surface area contributed by atoms with Crippen molar-refractivity contribution in [3.05, 3.63) is 58.3 Å². The predicted octanol–water partition coefficient (Wildman–Crippen LogP) is 3.18. The van der Waals surface area contributed by atoms with Crippen LogP contribution in [0.15, 0.2) is 47.8 Å². The first-order valence-corrected chi connectivity index (χ1v) is 9.93. The minimum absolute atomic E-state index is 0.00768. The lowest BCUT2D eigenvalue weighted by molar-refractivity contribution is -0.129. The number of carbonyl (C=O) groups is 2. The fourth-order valence-electron chi connectivity index (χ4n) is 2.68. The number of benzene rings is 1. The van der Waals surface area contributed by atoms with E-state index in [1.807, 2.05) is 34.9 Å². The van der Waals surface area contributed by atoms with Crippen LogP contribution in [0, 0.1) is 0 Å². The second-order valence-corrected chi connectivity index (χ2v) is 7.88. The van der Waals surface area contributed by atoms with Crippen molar-refractivity contribution in [2.24, 2.45) is 0 Å². The molecule has 4 nitrogen and oxygen atoms in total. The zero-order chi connectivity index (χ0) is 16.8. The SMILES string of the molecule is O=C(NCC(=O)N1CCS[C@@H](c2cccs2)CC1)c1ccccc1. The number of carbonyl (C=O) groups excluding carboxylic acids is 2. The van der Waals surface area contributed by atoms with E-state index in [4.69, 9.17) is 0 Å². The van der Waals surface area contributed by atoms with Crippen LogP contribution in [0.2, 0.25) is 0 Å². The van der Waals surface area contributed by atoms with E-state index in [1.165, 1.54) is 4.88 Å². The summed E-state index contributed by atoms with van der Waals surface area (Å²) in [5.74, 6) is 0.720. The second-order valence-electron chi connectivity index (χ2n) is 5.59. The van der Waals surface area contributed by atoms with Crippen LogP contribution in [-0.4, -0.2) is 42.1 Å². The van der Waals surface area contributed by atoms with E-state index in [9.17, 15) is 9.59 Å². The summed E-state index contributed by atoms with van der Waals surface area (Å²) >= 11 is 3.69. The third kappa shape index (κ3) is 4.39. The van der Waals surface area contributed by atoms with Crippen molar-refractivity contribution in [3.63, 3.8) is 0 Å². The predicted molar refractivity (Wildman–Crippen MR) is 99.5 cm³/mol. The number of amides is 2. The number of rotatable bonds is 4. The topological polar surface area (TPSA) is 49.4 Å². The number of thiophene rings is 1. The number of hydrogen-bond acceptors (Lipinski definition) is 4. The Morgan fingerprint density at radius 3 is 2.71 bits per heavy atom. The molecule has 0 bridgehead atoms. The lowest BCUT2D eigenvalue weighted by Crippen LogP contribution is -2.41. The first-order chi connectivity index (χ1) is 11.7. The van der Waals surface area contributed by atoms with Crippen LogP contribution < -0.4 is 5.32 Å². The van der Waals surface area contributed by atoms with Gasteiger partial charge in [0, 0.05) is 34.5 Å². The molecule has 1 fully saturated rings. The quantitative estimate of drug-likeness (QED) is 0.911. The average Bonchev–Trinajstić information content (AvgIpc) is 3.04. The Morgan fingerprint density at radius 2 is 1.96 bits per heavy atom. The molecule has 1 aliphatic rings. The van der Waals surface area contributed by atoms with Crippen LogP contribution in [0.3, 0.4) is 0 Å². The van der Waals surface area contributed by atoms with E-state index < -0.39 is 0 Å². The average molecular weight is 361 g/mol. The van der Waals surface area contributed by atoms with E-state index in [0.717, 1.165) is 25.3 Å². The highest BCUT2D eigenvalue weighted by Crippen LogP contribution is 2.36. The number of thioether (sulfide) groups is 1. The number of nitrogens with zero attached hydrogens (tertiary/aromatic N) is 1. The van der Waals surface area contributed by atoms with Gasteiger partial charge in [-0.1, -0.05) is 24.3 Å². The van der Waals surface area contributed by atoms with E-state index in [1.54, 1.807) is 23.5 Å². The monoisotopic (exact) mass is 360 g/mol. The fourth-order valence-corrected chi connectivity index (χ4v) is 4.92. The Morgan fingerprint density at radius 1 is 1.12 bits per heavy atom. The maximum Gasteiger partial charge on any atom is 0.251 e. The van der Waals surface area contributed by atoms with Gasteiger partial charge in [0.1, 0.15) is 0 Å². The van der Waals surface area contributed by atoms with E-state index >= 15 is 0 Å². The summed E-state index contributed by atoms with van der Waals surface area (Å²) in [6.45, 7) is 1.55. The Labute approximate surface area is 150 Å². The van der Waals surface area contributed by atoms with Crippen LogP contribution >= 0.6 is 23.1 Å². The zero-order valence-corrected chi connectivity index (χ0v) is 14.9. The highest BCUT2D eigenvalue weighted by Gasteiger charge is 2.22. The molecule has 2 heterocycles. The molecule has 6 heteroatoms. The summed E-state index contributed by atoms with van der Waals surface area (Å²) in [6.07, 6.45) is 0.962. The van der Waals surface area contributed by atoms with Crippen molar-refractivity contribution >= 4 is 34.9 Å². The van der Waals surface area contributed by atoms with Crippen molar-refractivity contribution in [2.45, 2.75) is 11.7 Å². The maximum atomic E-state index is 12.4. The van der Waals surface area contributed by atoms with E-state index in [2.05, 4.69) is 22.8 Å². The molecule has 2 aromatic rings. The molecule has 2 amide bonds. The van der Waals surface area contributed by atoms with Crippen molar-refractivity contribution in [3.8, 4) is 0 Å². The van der Waals surface area contributed by atoms with Gasteiger partial charge in [-0.25, -0.2) is 0 Å². The molecule has 0 aliphatic carbocycles. The summed E-state index contributed by atoms with van der Waals surface area (Å²) in [5, 5.41) is 5.29. The summed E-state index contributed by atoms with van der Waals surface area (Å²) in [5.41, 5.74) is 0.578. The van der Waals surface area contributed by atoms with Crippen LogP contribution in [0.4, 0.5) is 0 Å². The van der Waals surface area contributed by atoms with Gasteiger partial charge >= 0.3 is 0 Å². The lowest BCUT2D eigenvalue weighted by atomic mass is 10.2. The maximum absolute atomic E-state index is 12.4. The van der Waals surface area contributed by atoms with Gasteiger partial charge in [-0.05, 0) is 30.0 Å². The standard InChI is InChI=1S/C18H20N2O2S2/c21-17(13-19-18(22)14-5-2-1-3-6-14)20-9-8-16(24-12-10-20)15-7-4-11-23-15/h1-7,11,16H,8-10,12-13H2,(H,19,22)/t16-/m1/s1. The summed E-state index contributed by atoms with van der Waals surface area (Å²) in [6, 6.07) is 13.2. The molecule has 1 aromatic heterocycles. The Bertz CT molecular complexity index is 674. The van der Waals surface area contributed by atoms with Crippen molar-refractivity contribution in [1.82, 2.24) is 10.2 Å². The third-order valence-electron chi connectivity index (χ3n) is 3.99. The number of hydrogen-bond donors (Lipinski definition) is 1. The minimum atomic E-state index is -0.204. The van der Waals surface area contributed by atoms with Gasteiger partial charge in [-0.15, -0.1) is 11.3 Å². The largest absolute Gasteiger partial charge is 0.343 e. The highest BCUT2D eigenvalue weighted by atomic mass is 32.2. The van der Waals surface area contributed by atoms with Gasteiger partial charge in [0.25, 0.3) is 5.91 Å². The normalized spacial score (nSPS) is 18.0. The molecule has 1 aromatic carbocycles. The van der Waals surface area contributed by atoms with Crippen LogP contribution in [-0.2, 0) is 4.79 Å². The molecule has 1 N–H and O–H groups in total. The molecule has 0 unspecified atom stereocenters. The van der Waals surface area contributed by atoms with Gasteiger partial charge in [0.15, 0.2) is 0 Å². The molecule has 3 rings (SSSR count). The highest BCUT2D eigenvalue weighted by molar-refractivity contribution is 7.99. The first kappa shape index (κ1) is 17.0. The molecule has 1 atom stereocenters. The van der Waals surface area contributed by atoms with Crippen LogP contribution in [0.25, 0.3) is 0 Å². The number of nitrogens with one attached hydrogen (secondary N) is 1. The fraction of sp³-hybridized carbons (Fsp3) is 0.333. The van der Waals surface area contributed by atoms with E-state index in [-0.39, 0.29) is 18.4 Å². The van der Waals surface area contributed by atoms with E-state index in [0.29, 0.717) is 10.8 Å². The minimum Gasteiger partial charge on any atom is -0.343 e. The lowest BCUT2D eigenvalue weighted by Gasteiger charge is -2.20.